The molecule has 1 unspecified atom stereocenters. The fourth-order valence-corrected chi connectivity index (χ4v) is 1.77. The van der Waals surface area contributed by atoms with Gasteiger partial charge in [-0.25, -0.2) is 4.98 Å². The van der Waals surface area contributed by atoms with E-state index in [-0.39, 0.29) is 0 Å². The monoisotopic (exact) mass is 242 g/mol. The number of pyridine rings is 1. The molecule has 0 bridgehead atoms. The van der Waals surface area contributed by atoms with Gasteiger partial charge in [0.15, 0.2) is 0 Å². The van der Waals surface area contributed by atoms with Gasteiger partial charge in [0.2, 0.25) is 0 Å². The number of nitrogens with one attached hydrogen (secondary N) is 1. The molecule has 0 aliphatic rings. The second-order valence-corrected chi connectivity index (χ2v) is 4.09. The van der Waals surface area contributed by atoms with Crippen molar-refractivity contribution >= 4 is 17.4 Å². The zero-order chi connectivity index (χ0) is 11.8. The SMILES string of the molecule is CCC(CCCl)CNc1ccc(OC)cn1. The first-order valence-corrected chi connectivity index (χ1v) is 6.13. The van der Waals surface area contributed by atoms with E-state index < -0.39 is 0 Å². The first kappa shape index (κ1) is 13.1. The molecule has 0 aliphatic heterocycles. The van der Waals surface area contributed by atoms with Gasteiger partial charge in [-0.05, 0) is 24.5 Å². The molecule has 1 aromatic rings. The summed E-state index contributed by atoms with van der Waals surface area (Å²) in [4.78, 5) is 4.25. The maximum absolute atomic E-state index is 5.74. The lowest BCUT2D eigenvalue weighted by Gasteiger charge is -2.14. The number of ether oxygens (including phenoxy) is 1. The number of alkyl halides is 1. The number of rotatable bonds is 7. The average molecular weight is 243 g/mol. The van der Waals surface area contributed by atoms with Gasteiger partial charge in [0.25, 0.3) is 0 Å². The molecule has 3 nitrogen and oxygen atoms in total. The summed E-state index contributed by atoms with van der Waals surface area (Å²) in [6.07, 6.45) is 3.89. The largest absolute Gasteiger partial charge is 0.495 e. The summed E-state index contributed by atoms with van der Waals surface area (Å²) < 4.78 is 5.05. The number of anilines is 1. The predicted molar refractivity (Wildman–Crippen MR) is 68.4 cm³/mol. The molecule has 4 heteroatoms. The summed E-state index contributed by atoms with van der Waals surface area (Å²) in [5.74, 6) is 2.99. The van der Waals surface area contributed by atoms with Crippen LogP contribution in [0.15, 0.2) is 18.3 Å². The van der Waals surface area contributed by atoms with Crippen LogP contribution in [0.3, 0.4) is 0 Å². The van der Waals surface area contributed by atoms with Gasteiger partial charge in [-0.3, -0.25) is 0 Å². The first-order chi connectivity index (χ1) is 7.80. The zero-order valence-electron chi connectivity index (χ0n) is 9.87. The van der Waals surface area contributed by atoms with Gasteiger partial charge in [0.05, 0.1) is 13.3 Å². The minimum atomic E-state index is 0.612. The van der Waals surface area contributed by atoms with Crippen LogP contribution in [0.2, 0.25) is 0 Å². The Morgan fingerprint density at radius 3 is 2.81 bits per heavy atom. The number of aromatic nitrogens is 1. The van der Waals surface area contributed by atoms with Crippen molar-refractivity contribution in [1.82, 2.24) is 4.98 Å². The highest BCUT2D eigenvalue weighted by Crippen LogP contribution is 2.14. The highest BCUT2D eigenvalue weighted by atomic mass is 35.5. The third-order valence-electron chi connectivity index (χ3n) is 2.64. The molecule has 0 saturated carbocycles. The molecule has 0 aromatic carbocycles. The minimum Gasteiger partial charge on any atom is -0.495 e. The molecule has 90 valence electrons. The lowest BCUT2D eigenvalue weighted by Crippen LogP contribution is -2.14. The molecule has 0 fully saturated rings. The van der Waals surface area contributed by atoms with E-state index in [4.69, 9.17) is 16.3 Å². The molecule has 0 spiro atoms. The highest BCUT2D eigenvalue weighted by molar-refractivity contribution is 6.17. The van der Waals surface area contributed by atoms with Crippen LogP contribution in [0.5, 0.6) is 5.75 Å². The Hall–Kier alpha value is -0.960. The molecular weight excluding hydrogens is 224 g/mol. The first-order valence-electron chi connectivity index (χ1n) is 5.60. The molecule has 1 rings (SSSR count). The fraction of sp³-hybridized carbons (Fsp3) is 0.583. The summed E-state index contributed by atoms with van der Waals surface area (Å²) in [6.45, 7) is 3.10. The molecule has 1 atom stereocenters. The van der Waals surface area contributed by atoms with E-state index in [0.717, 1.165) is 36.8 Å². The highest BCUT2D eigenvalue weighted by Gasteiger charge is 2.05. The number of hydrogen-bond donors (Lipinski definition) is 1. The molecule has 0 aliphatic carbocycles. The van der Waals surface area contributed by atoms with E-state index in [0.29, 0.717) is 5.92 Å². The second-order valence-electron chi connectivity index (χ2n) is 3.72. The van der Waals surface area contributed by atoms with Crippen molar-refractivity contribution < 1.29 is 4.74 Å². The Labute approximate surface area is 102 Å². The van der Waals surface area contributed by atoms with Gasteiger partial charge in [-0.15, -0.1) is 11.6 Å². The maximum Gasteiger partial charge on any atom is 0.137 e. The summed E-state index contributed by atoms with van der Waals surface area (Å²) >= 11 is 5.74. The van der Waals surface area contributed by atoms with Gasteiger partial charge < -0.3 is 10.1 Å². The lowest BCUT2D eigenvalue weighted by molar-refractivity contribution is 0.413. The average Bonchev–Trinajstić information content (AvgIpc) is 2.35. The molecule has 0 radical (unpaired) electrons. The van der Waals surface area contributed by atoms with Crippen LogP contribution in [0.25, 0.3) is 0 Å². The maximum atomic E-state index is 5.74. The number of methoxy groups -OCH3 is 1. The van der Waals surface area contributed by atoms with Crippen molar-refractivity contribution in [1.29, 1.82) is 0 Å². The quantitative estimate of drug-likeness (QED) is 0.746. The minimum absolute atomic E-state index is 0.612. The van der Waals surface area contributed by atoms with Gasteiger partial charge in [0, 0.05) is 12.4 Å². The lowest BCUT2D eigenvalue weighted by atomic mass is 10.0. The van der Waals surface area contributed by atoms with Crippen LogP contribution >= 0.6 is 11.6 Å². The van der Waals surface area contributed by atoms with Crippen LogP contribution < -0.4 is 10.1 Å². The number of nitrogens with zero attached hydrogens (tertiary/aromatic N) is 1. The molecule has 1 N–H and O–H groups in total. The molecule has 0 amide bonds. The molecule has 0 saturated heterocycles. The molecule has 1 aromatic heterocycles. The predicted octanol–water partition coefficient (Wildman–Crippen LogP) is 3.16. The third-order valence-corrected chi connectivity index (χ3v) is 2.86. The van der Waals surface area contributed by atoms with E-state index in [1.165, 1.54) is 0 Å². The summed E-state index contributed by atoms with van der Waals surface area (Å²) in [5, 5.41) is 3.31. The summed E-state index contributed by atoms with van der Waals surface area (Å²) in [5.41, 5.74) is 0. The van der Waals surface area contributed by atoms with E-state index in [9.17, 15) is 0 Å². The Bertz CT molecular complexity index is 290. The van der Waals surface area contributed by atoms with Crippen molar-refractivity contribution in [2.45, 2.75) is 19.8 Å². The van der Waals surface area contributed by atoms with Gasteiger partial charge in [-0.1, -0.05) is 13.3 Å². The Balaban J connectivity index is 2.40. The van der Waals surface area contributed by atoms with E-state index >= 15 is 0 Å². The molecular formula is C12H19ClN2O. The topological polar surface area (TPSA) is 34.1 Å². The van der Waals surface area contributed by atoms with Crippen molar-refractivity contribution in [3.63, 3.8) is 0 Å². The second kappa shape index (κ2) is 7.34. The normalized spacial score (nSPS) is 12.2. The smallest absolute Gasteiger partial charge is 0.137 e. The number of hydrogen-bond acceptors (Lipinski definition) is 3. The van der Waals surface area contributed by atoms with Crippen LogP contribution in [0, 0.1) is 5.92 Å². The Morgan fingerprint density at radius 1 is 1.50 bits per heavy atom. The van der Waals surface area contributed by atoms with Crippen molar-refractivity contribution in [3.05, 3.63) is 18.3 Å². The van der Waals surface area contributed by atoms with E-state index in [1.807, 2.05) is 12.1 Å². The van der Waals surface area contributed by atoms with Crippen molar-refractivity contribution in [3.8, 4) is 5.75 Å². The Morgan fingerprint density at radius 2 is 2.31 bits per heavy atom. The van der Waals surface area contributed by atoms with Gasteiger partial charge in [0.1, 0.15) is 11.6 Å². The fourth-order valence-electron chi connectivity index (χ4n) is 1.46. The van der Waals surface area contributed by atoms with E-state index in [1.54, 1.807) is 13.3 Å². The summed E-state index contributed by atoms with van der Waals surface area (Å²) in [6, 6.07) is 3.82. The van der Waals surface area contributed by atoms with Crippen molar-refractivity contribution in [2.75, 3.05) is 24.9 Å². The van der Waals surface area contributed by atoms with Crippen LogP contribution in [-0.4, -0.2) is 24.5 Å². The summed E-state index contributed by atoms with van der Waals surface area (Å²) in [7, 11) is 1.64. The van der Waals surface area contributed by atoms with Gasteiger partial charge in [-0.2, -0.15) is 0 Å². The van der Waals surface area contributed by atoms with Crippen LogP contribution in [0.4, 0.5) is 5.82 Å². The van der Waals surface area contributed by atoms with Crippen molar-refractivity contribution in [2.24, 2.45) is 5.92 Å². The van der Waals surface area contributed by atoms with Crippen LogP contribution in [0.1, 0.15) is 19.8 Å². The molecule has 1 heterocycles. The standard InChI is InChI=1S/C12H19ClN2O/c1-3-10(6-7-13)8-14-12-5-4-11(16-2)9-15-12/h4-5,9-10H,3,6-8H2,1-2H3,(H,14,15). The number of halogens is 1. The van der Waals surface area contributed by atoms with Crippen LogP contribution in [-0.2, 0) is 0 Å². The Kier molecular flexibility index (Phi) is 6.01. The van der Waals surface area contributed by atoms with Gasteiger partial charge >= 0.3 is 0 Å². The zero-order valence-corrected chi connectivity index (χ0v) is 10.6. The van der Waals surface area contributed by atoms with E-state index in [2.05, 4.69) is 17.2 Å². The third kappa shape index (κ3) is 4.27. The molecule has 16 heavy (non-hydrogen) atoms.